The Bertz CT molecular complexity index is 1240. The summed E-state index contributed by atoms with van der Waals surface area (Å²) >= 11 is 6.31. The molecule has 0 saturated carbocycles. The molecule has 0 spiro atoms. The van der Waals surface area contributed by atoms with Gasteiger partial charge in [-0.15, -0.1) is 10.2 Å². The van der Waals surface area contributed by atoms with Crippen LogP contribution in [-0.4, -0.2) is 63.4 Å². The fourth-order valence-corrected chi connectivity index (χ4v) is 5.49. The molecule has 3 aliphatic rings. The second-order valence-electron chi connectivity index (χ2n) is 9.82. The van der Waals surface area contributed by atoms with Crippen LogP contribution in [0.15, 0.2) is 36.5 Å². The zero-order valence-electron chi connectivity index (χ0n) is 19.6. The predicted octanol–water partition coefficient (Wildman–Crippen LogP) is 4.44. The van der Waals surface area contributed by atoms with Crippen LogP contribution in [0.5, 0.6) is 0 Å². The summed E-state index contributed by atoms with van der Waals surface area (Å²) in [5, 5.41) is 9.57. The quantitative estimate of drug-likeness (QED) is 0.498. The van der Waals surface area contributed by atoms with Crippen LogP contribution in [0, 0.1) is 11.7 Å². The van der Waals surface area contributed by atoms with E-state index in [1.165, 1.54) is 12.3 Å². The summed E-state index contributed by atoms with van der Waals surface area (Å²) in [5.41, 5.74) is 1.76. The molecular weight excluding hydrogens is 493 g/mol. The Balaban J connectivity index is 1.27. The topological polar surface area (TPSA) is 59.3 Å². The second kappa shape index (κ2) is 9.32. The van der Waals surface area contributed by atoms with E-state index in [1.807, 2.05) is 22.8 Å². The maximum atomic E-state index is 14.9. The number of piperidine rings is 1. The Morgan fingerprint density at radius 1 is 1.06 bits per heavy atom. The number of nitrogens with zero attached hydrogens (tertiary/aromatic N) is 6. The maximum absolute atomic E-state index is 14.9. The molecule has 0 radical (unpaired) electrons. The van der Waals surface area contributed by atoms with Crippen LogP contribution in [0.3, 0.4) is 0 Å². The zero-order chi connectivity index (χ0) is 24.9. The molecule has 5 heterocycles. The molecule has 2 saturated heterocycles. The van der Waals surface area contributed by atoms with Crippen molar-refractivity contribution in [3.63, 3.8) is 0 Å². The highest BCUT2D eigenvalue weighted by molar-refractivity contribution is 6.30. The van der Waals surface area contributed by atoms with Crippen molar-refractivity contribution in [3.05, 3.63) is 64.6 Å². The van der Waals surface area contributed by atoms with Crippen LogP contribution in [0.1, 0.15) is 36.0 Å². The van der Waals surface area contributed by atoms with Crippen molar-refractivity contribution in [2.45, 2.75) is 37.8 Å². The van der Waals surface area contributed by atoms with E-state index < -0.39 is 11.8 Å². The average Bonchev–Trinajstić information content (AvgIpc) is 3.15. The molecule has 0 atom stereocenters. The van der Waals surface area contributed by atoms with Gasteiger partial charge in [0, 0.05) is 30.6 Å². The van der Waals surface area contributed by atoms with Gasteiger partial charge in [0.05, 0.1) is 44.1 Å². The van der Waals surface area contributed by atoms with Gasteiger partial charge in [-0.05, 0) is 48.7 Å². The van der Waals surface area contributed by atoms with Crippen molar-refractivity contribution in [1.29, 1.82) is 0 Å². The first-order chi connectivity index (χ1) is 17.4. The number of benzene rings is 1. The van der Waals surface area contributed by atoms with Crippen LogP contribution in [0.2, 0.25) is 5.02 Å². The van der Waals surface area contributed by atoms with E-state index in [0.29, 0.717) is 17.4 Å². The first kappa shape index (κ1) is 23.7. The Kier molecular flexibility index (Phi) is 6.13. The molecule has 3 aromatic rings. The lowest BCUT2D eigenvalue weighted by Gasteiger charge is -2.36. The minimum Gasteiger partial charge on any atom is -0.380 e. The third-order valence-corrected chi connectivity index (χ3v) is 7.60. The summed E-state index contributed by atoms with van der Waals surface area (Å²) in [6.07, 6.45) is 2.88. The molecule has 11 heteroatoms. The predicted molar refractivity (Wildman–Crippen MR) is 128 cm³/mol. The monoisotopic (exact) mass is 518 g/mol. The van der Waals surface area contributed by atoms with E-state index in [2.05, 4.69) is 20.1 Å². The molecule has 2 aromatic heterocycles. The van der Waals surface area contributed by atoms with Gasteiger partial charge >= 0.3 is 0 Å². The third kappa shape index (κ3) is 4.46. The molecule has 7 nitrogen and oxygen atoms in total. The first-order valence-electron chi connectivity index (χ1n) is 12.1. The van der Waals surface area contributed by atoms with E-state index in [9.17, 15) is 13.2 Å². The van der Waals surface area contributed by atoms with Gasteiger partial charge in [-0.2, -0.15) is 0 Å². The number of pyridine rings is 1. The lowest BCUT2D eigenvalue weighted by atomic mass is 9.95. The van der Waals surface area contributed by atoms with E-state index in [1.54, 1.807) is 11.0 Å². The lowest BCUT2D eigenvalue weighted by molar-refractivity contribution is -0.179. The van der Waals surface area contributed by atoms with Crippen LogP contribution in [-0.2, 0) is 17.8 Å². The molecule has 0 bridgehead atoms. The molecule has 1 aromatic carbocycles. The SMILES string of the molecule is Fc1ccc(N2CCC(c3nnc4n3-c3ccc(Cl)cc3CN(CC(F)(F)C3COC3)C4)CC2)nc1. The lowest BCUT2D eigenvalue weighted by Crippen LogP contribution is -2.49. The zero-order valence-corrected chi connectivity index (χ0v) is 20.3. The van der Waals surface area contributed by atoms with Gasteiger partial charge in [0.15, 0.2) is 5.82 Å². The number of hydrogen-bond acceptors (Lipinski definition) is 6. The molecule has 2 fully saturated rings. The number of anilines is 1. The Hall–Kier alpha value is -2.69. The fraction of sp³-hybridized carbons (Fsp3) is 0.480. The average molecular weight is 519 g/mol. The van der Waals surface area contributed by atoms with Gasteiger partial charge in [0.25, 0.3) is 5.92 Å². The number of fused-ring (bicyclic) bond motifs is 3. The summed E-state index contributed by atoms with van der Waals surface area (Å²) in [6, 6.07) is 8.69. The van der Waals surface area contributed by atoms with Crippen molar-refractivity contribution < 1.29 is 17.9 Å². The highest BCUT2D eigenvalue weighted by Gasteiger charge is 2.45. The number of halogens is 4. The van der Waals surface area contributed by atoms with E-state index in [0.717, 1.165) is 48.8 Å². The van der Waals surface area contributed by atoms with Crippen molar-refractivity contribution >= 4 is 17.4 Å². The van der Waals surface area contributed by atoms with Crippen molar-refractivity contribution in [1.82, 2.24) is 24.6 Å². The van der Waals surface area contributed by atoms with Crippen LogP contribution in [0.4, 0.5) is 19.0 Å². The van der Waals surface area contributed by atoms with Gasteiger partial charge in [-0.1, -0.05) is 11.6 Å². The van der Waals surface area contributed by atoms with Crippen molar-refractivity contribution in [2.75, 3.05) is 37.7 Å². The van der Waals surface area contributed by atoms with E-state index in [-0.39, 0.29) is 38.0 Å². The number of rotatable bonds is 5. The smallest absolute Gasteiger partial charge is 0.267 e. The molecule has 0 aliphatic carbocycles. The van der Waals surface area contributed by atoms with Gasteiger partial charge < -0.3 is 9.64 Å². The summed E-state index contributed by atoms with van der Waals surface area (Å²) in [4.78, 5) is 8.07. The number of hydrogen-bond donors (Lipinski definition) is 0. The normalized spacial score (nSPS) is 19.5. The van der Waals surface area contributed by atoms with Crippen molar-refractivity contribution in [2.24, 2.45) is 5.92 Å². The van der Waals surface area contributed by atoms with Crippen LogP contribution < -0.4 is 4.90 Å². The molecule has 3 aliphatic heterocycles. The summed E-state index contributed by atoms with van der Waals surface area (Å²) < 4.78 is 50.1. The summed E-state index contributed by atoms with van der Waals surface area (Å²) in [6.45, 7) is 1.92. The molecule has 0 N–H and O–H groups in total. The Labute approximate surface area is 211 Å². The molecule has 6 rings (SSSR count). The third-order valence-electron chi connectivity index (χ3n) is 7.36. The minimum absolute atomic E-state index is 0.0930. The largest absolute Gasteiger partial charge is 0.380 e. The fourth-order valence-electron chi connectivity index (χ4n) is 5.30. The van der Waals surface area contributed by atoms with Crippen LogP contribution >= 0.6 is 11.6 Å². The van der Waals surface area contributed by atoms with Crippen molar-refractivity contribution in [3.8, 4) is 5.69 Å². The number of aromatic nitrogens is 4. The number of ether oxygens (including phenoxy) is 1. The summed E-state index contributed by atoms with van der Waals surface area (Å²) in [7, 11) is 0. The van der Waals surface area contributed by atoms with Gasteiger partial charge in [-0.25, -0.2) is 18.2 Å². The molecule has 190 valence electrons. The summed E-state index contributed by atoms with van der Waals surface area (Å²) in [5.74, 6) is -1.58. The molecule has 36 heavy (non-hydrogen) atoms. The van der Waals surface area contributed by atoms with E-state index >= 15 is 0 Å². The first-order valence-corrected chi connectivity index (χ1v) is 12.5. The molecule has 0 unspecified atom stereocenters. The van der Waals surface area contributed by atoms with Gasteiger partial charge in [0.2, 0.25) is 0 Å². The molecule has 0 amide bonds. The minimum atomic E-state index is -2.85. The van der Waals surface area contributed by atoms with Gasteiger partial charge in [0.1, 0.15) is 17.5 Å². The van der Waals surface area contributed by atoms with Gasteiger partial charge in [-0.3, -0.25) is 9.47 Å². The number of alkyl halides is 2. The van der Waals surface area contributed by atoms with Crippen LogP contribution in [0.25, 0.3) is 5.69 Å². The highest BCUT2D eigenvalue weighted by atomic mass is 35.5. The second-order valence-corrected chi connectivity index (χ2v) is 10.3. The highest BCUT2D eigenvalue weighted by Crippen LogP contribution is 2.36. The maximum Gasteiger partial charge on any atom is 0.267 e. The Morgan fingerprint density at radius 3 is 2.56 bits per heavy atom. The molecular formula is C25H26ClF3N6O. The standard InChI is InChI=1S/C25H26ClF3N6O/c26-19-1-3-21-17(9-19)11-33(15-25(28,29)18-13-36-14-18)12-23-31-32-24(35(21)23)16-5-7-34(8-6-16)22-4-2-20(27)10-30-22/h1-4,9-10,16,18H,5-8,11-15H2. The Morgan fingerprint density at radius 2 is 1.86 bits per heavy atom. The van der Waals surface area contributed by atoms with E-state index in [4.69, 9.17) is 16.3 Å².